The van der Waals surface area contributed by atoms with E-state index in [4.69, 9.17) is 0 Å². The molecule has 6 nitrogen and oxygen atoms in total. The molecule has 0 bridgehead atoms. The number of anilines is 2. The molecule has 0 aliphatic carbocycles. The second-order valence-electron chi connectivity index (χ2n) is 6.47. The third-order valence-electron chi connectivity index (χ3n) is 4.33. The monoisotopic (exact) mass is 369 g/mol. The molecule has 6 heteroatoms. The van der Waals surface area contributed by atoms with Crippen LogP contribution in [0.25, 0.3) is 10.9 Å². The molecule has 2 N–H and O–H groups in total. The number of nitrogens with zero attached hydrogens (tertiary/aromatic N) is 3. The lowest BCUT2D eigenvalue weighted by Crippen LogP contribution is -2.24. The number of pyridine rings is 1. The van der Waals surface area contributed by atoms with Crippen LogP contribution in [0, 0.1) is 6.92 Å². The molecule has 0 atom stereocenters. The Morgan fingerprint density at radius 1 is 0.964 bits per heavy atom. The Kier molecular flexibility index (Phi) is 4.93. The lowest BCUT2D eigenvalue weighted by molar-refractivity contribution is 0.0946. The highest BCUT2D eigenvalue weighted by Crippen LogP contribution is 2.23. The Hall–Kier alpha value is -3.80. The van der Waals surface area contributed by atoms with E-state index in [-0.39, 0.29) is 5.91 Å². The van der Waals surface area contributed by atoms with E-state index in [0.717, 1.165) is 27.7 Å². The lowest BCUT2D eigenvalue weighted by Gasteiger charge is -2.09. The molecule has 0 radical (unpaired) electrons. The van der Waals surface area contributed by atoms with E-state index in [1.165, 1.54) is 6.33 Å². The van der Waals surface area contributed by atoms with E-state index < -0.39 is 0 Å². The first-order valence-corrected chi connectivity index (χ1v) is 8.95. The fourth-order valence-electron chi connectivity index (χ4n) is 2.99. The summed E-state index contributed by atoms with van der Waals surface area (Å²) in [5, 5.41) is 7.15. The minimum absolute atomic E-state index is 0.247. The highest BCUT2D eigenvalue weighted by molar-refractivity contribution is 5.94. The summed E-state index contributed by atoms with van der Waals surface area (Å²) >= 11 is 0. The molecular formula is C22H19N5O. The van der Waals surface area contributed by atoms with Gasteiger partial charge in [-0.15, -0.1) is 0 Å². The zero-order valence-corrected chi connectivity index (χ0v) is 15.4. The van der Waals surface area contributed by atoms with E-state index in [2.05, 4.69) is 25.6 Å². The number of hydrogen-bond donors (Lipinski definition) is 2. The van der Waals surface area contributed by atoms with Crippen molar-refractivity contribution in [1.29, 1.82) is 0 Å². The molecule has 0 aliphatic heterocycles. The molecule has 4 rings (SSSR count). The maximum Gasteiger partial charge on any atom is 0.270 e. The van der Waals surface area contributed by atoms with Crippen molar-refractivity contribution < 1.29 is 4.79 Å². The van der Waals surface area contributed by atoms with Gasteiger partial charge in [-0.2, -0.15) is 0 Å². The van der Waals surface area contributed by atoms with Gasteiger partial charge in [-0.1, -0.05) is 48.0 Å². The van der Waals surface area contributed by atoms with Gasteiger partial charge >= 0.3 is 0 Å². The Morgan fingerprint density at radius 3 is 2.71 bits per heavy atom. The summed E-state index contributed by atoms with van der Waals surface area (Å²) in [6.45, 7) is 2.47. The van der Waals surface area contributed by atoms with Gasteiger partial charge in [0.05, 0.1) is 11.2 Å². The third kappa shape index (κ3) is 3.96. The molecule has 0 unspecified atom stereocenters. The summed E-state index contributed by atoms with van der Waals surface area (Å²) in [5.41, 5.74) is 4.17. The van der Waals surface area contributed by atoms with Gasteiger partial charge in [0.1, 0.15) is 17.8 Å². The van der Waals surface area contributed by atoms with Crippen molar-refractivity contribution in [3.8, 4) is 0 Å². The molecule has 2 heterocycles. The quantitative estimate of drug-likeness (QED) is 0.556. The molecule has 4 aromatic rings. The van der Waals surface area contributed by atoms with Gasteiger partial charge in [-0.25, -0.2) is 9.97 Å². The minimum Gasteiger partial charge on any atom is -0.347 e. The highest BCUT2D eigenvalue weighted by Gasteiger charge is 2.10. The van der Waals surface area contributed by atoms with Crippen LogP contribution in [0.2, 0.25) is 0 Å². The number of carbonyl (C=O) groups excluding carboxylic acids is 1. The summed E-state index contributed by atoms with van der Waals surface area (Å²) in [7, 11) is 0. The number of aryl methyl sites for hydroxylation is 1. The first kappa shape index (κ1) is 17.6. The van der Waals surface area contributed by atoms with Crippen molar-refractivity contribution in [2.24, 2.45) is 0 Å². The van der Waals surface area contributed by atoms with Gasteiger partial charge in [-0.05, 0) is 24.6 Å². The van der Waals surface area contributed by atoms with Crippen LogP contribution in [0.1, 0.15) is 21.6 Å². The smallest absolute Gasteiger partial charge is 0.270 e. The Morgan fingerprint density at radius 2 is 1.82 bits per heavy atom. The zero-order chi connectivity index (χ0) is 19.3. The summed E-state index contributed by atoms with van der Waals surface area (Å²) < 4.78 is 0. The van der Waals surface area contributed by atoms with Crippen molar-refractivity contribution in [2.45, 2.75) is 13.5 Å². The summed E-state index contributed by atoms with van der Waals surface area (Å²) in [5.74, 6) is 0.289. The average molecular weight is 369 g/mol. The first-order valence-electron chi connectivity index (χ1n) is 8.95. The molecule has 28 heavy (non-hydrogen) atoms. The minimum atomic E-state index is -0.247. The Balaban J connectivity index is 1.50. The molecule has 0 saturated carbocycles. The molecular weight excluding hydrogens is 350 g/mol. The fraction of sp³-hybridized carbons (Fsp3) is 0.0909. The van der Waals surface area contributed by atoms with Crippen LogP contribution in [0.5, 0.6) is 0 Å². The topological polar surface area (TPSA) is 79.8 Å². The maximum absolute atomic E-state index is 12.5. The van der Waals surface area contributed by atoms with Crippen molar-refractivity contribution in [1.82, 2.24) is 20.3 Å². The molecule has 2 aromatic carbocycles. The van der Waals surface area contributed by atoms with Gasteiger partial charge in [0, 0.05) is 24.2 Å². The standard InChI is InChI=1S/C22H19N5O/c1-15-5-2-6-16(11-15)13-24-22(28)19-12-20(26-14-25-19)27-18-9-3-7-17-8-4-10-23-21(17)18/h2-12,14H,13H2,1H3,(H,24,28)(H,25,26,27). The van der Waals surface area contributed by atoms with Gasteiger partial charge in [-0.3, -0.25) is 9.78 Å². The van der Waals surface area contributed by atoms with Crippen molar-refractivity contribution in [2.75, 3.05) is 5.32 Å². The molecule has 0 aliphatic rings. The fourth-order valence-corrected chi connectivity index (χ4v) is 2.99. The van der Waals surface area contributed by atoms with Crippen LogP contribution in [0.3, 0.4) is 0 Å². The molecule has 1 amide bonds. The SMILES string of the molecule is Cc1cccc(CNC(=O)c2cc(Nc3cccc4cccnc34)ncn2)c1. The van der Waals surface area contributed by atoms with Gasteiger partial charge in [0.15, 0.2) is 0 Å². The molecule has 138 valence electrons. The van der Waals surface area contributed by atoms with E-state index in [1.807, 2.05) is 61.5 Å². The molecule has 0 saturated heterocycles. The van der Waals surface area contributed by atoms with Gasteiger partial charge in [0.2, 0.25) is 0 Å². The summed E-state index contributed by atoms with van der Waals surface area (Å²) in [6, 6.07) is 19.4. The number of fused-ring (bicyclic) bond motifs is 1. The Labute approximate surface area is 162 Å². The third-order valence-corrected chi connectivity index (χ3v) is 4.33. The van der Waals surface area contributed by atoms with Crippen LogP contribution in [0.15, 0.2) is 73.2 Å². The number of rotatable bonds is 5. The number of aromatic nitrogens is 3. The zero-order valence-electron chi connectivity index (χ0n) is 15.4. The van der Waals surface area contributed by atoms with E-state index in [1.54, 1.807) is 12.3 Å². The molecule has 0 spiro atoms. The van der Waals surface area contributed by atoms with Crippen LogP contribution in [-0.2, 0) is 6.54 Å². The van der Waals surface area contributed by atoms with Crippen molar-refractivity contribution in [3.05, 3.63) is 90.0 Å². The normalized spacial score (nSPS) is 10.6. The first-order chi connectivity index (χ1) is 13.7. The van der Waals surface area contributed by atoms with E-state index in [0.29, 0.717) is 18.1 Å². The van der Waals surface area contributed by atoms with Crippen molar-refractivity contribution >= 4 is 28.3 Å². The summed E-state index contributed by atoms with van der Waals surface area (Å²) in [6.07, 6.45) is 3.13. The Bertz CT molecular complexity index is 1140. The number of hydrogen-bond acceptors (Lipinski definition) is 5. The molecule has 2 aromatic heterocycles. The van der Waals surface area contributed by atoms with Gasteiger partial charge in [0.25, 0.3) is 5.91 Å². The number of amides is 1. The largest absolute Gasteiger partial charge is 0.347 e. The van der Waals surface area contributed by atoms with Crippen LogP contribution in [-0.4, -0.2) is 20.9 Å². The van der Waals surface area contributed by atoms with Crippen molar-refractivity contribution in [3.63, 3.8) is 0 Å². The second-order valence-corrected chi connectivity index (χ2v) is 6.47. The predicted molar refractivity (Wildman–Crippen MR) is 109 cm³/mol. The second kappa shape index (κ2) is 7.84. The van der Waals surface area contributed by atoms with Crippen LogP contribution >= 0.6 is 0 Å². The average Bonchev–Trinajstić information content (AvgIpc) is 2.73. The number of benzene rings is 2. The predicted octanol–water partition coefficient (Wildman–Crippen LogP) is 4.01. The number of carbonyl (C=O) groups is 1. The maximum atomic E-state index is 12.5. The van der Waals surface area contributed by atoms with Gasteiger partial charge < -0.3 is 10.6 Å². The van der Waals surface area contributed by atoms with Crippen LogP contribution < -0.4 is 10.6 Å². The lowest BCUT2D eigenvalue weighted by atomic mass is 10.1. The highest BCUT2D eigenvalue weighted by atomic mass is 16.1. The van der Waals surface area contributed by atoms with E-state index >= 15 is 0 Å². The van der Waals surface area contributed by atoms with E-state index in [9.17, 15) is 4.79 Å². The van der Waals surface area contributed by atoms with Crippen LogP contribution in [0.4, 0.5) is 11.5 Å². The molecule has 0 fully saturated rings. The summed E-state index contributed by atoms with van der Waals surface area (Å²) in [4.78, 5) is 25.2. The number of nitrogens with one attached hydrogen (secondary N) is 2. The number of para-hydroxylation sites is 1.